The third-order valence-corrected chi connectivity index (χ3v) is 4.35. The van der Waals surface area contributed by atoms with E-state index in [0.717, 1.165) is 18.0 Å². The standard InChI is InChI=1S/C14H24N4O2S/c1-14(2,3)20-13(19)17-12-11(8-16-18-12)7-15-6-10-4-5-21-9-10/h8,10,15H,4-7,9H2,1-3H3,(H2,16,17,18,19). The van der Waals surface area contributed by atoms with E-state index in [9.17, 15) is 4.79 Å². The maximum absolute atomic E-state index is 11.8. The van der Waals surface area contributed by atoms with Crippen molar-refractivity contribution in [2.24, 2.45) is 5.92 Å². The van der Waals surface area contributed by atoms with Crippen molar-refractivity contribution in [3.63, 3.8) is 0 Å². The molecule has 1 unspecified atom stereocenters. The van der Waals surface area contributed by atoms with Crippen LogP contribution in [-0.2, 0) is 11.3 Å². The summed E-state index contributed by atoms with van der Waals surface area (Å²) in [5.41, 5.74) is 0.425. The van der Waals surface area contributed by atoms with Gasteiger partial charge < -0.3 is 10.1 Å². The molecule has 0 spiro atoms. The molecule has 7 heteroatoms. The van der Waals surface area contributed by atoms with Gasteiger partial charge in [-0.2, -0.15) is 16.9 Å². The lowest BCUT2D eigenvalue weighted by molar-refractivity contribution is 0.0635. The second-order valence-electron chi connectivity index (χ2n) is 6.26. The molecule has 6 nitrogen and oxygen atoms in total. The van der Waals surface area contributed by atoms with E-state index in [2.05, 4.69) is 20.8 Å². The average Bonchev–Trinajstić information content (AvgIpc) is 2.99. The van der Waals surface area contributed by atoms with E-state index in [0.29, 0.717) is 12.4 Å². The molecule has 0 saturated carbocycles. The number of carbonyl (C=O) groups is 1. The van der Waals surface area contributed by atoms with Gasteiger partial charge in [-0.05, 0) is 51.2 Å². The number of hydrogen-bond acceptors (Lipinski definition) is 5. The van der Waals surface area contributed by atoms with E-state index < -0.39 is 11.7 Å². The van der Waals surface area contributed by atoms with Crippen LogP contribution in [0.2, 0.25) is 0 Å². The van der Waals surface area contributed by atoms with Crippen molar-refractivity contribution in [1.82, 2.24) is 15.5 Å². The van der Waals surface area contributed by atoms with Gasteiger partial charge >= 0.3 is 6.09 Å². The first-order valence-electron chi connectivity index (χ1n) is 7.25. The summed E-state index contributed by atoms with van der Waals surface area (Å²) in [6.45, 7) is 7.19. The van der Waals surface area contributed by atoms with E-state index in [1.807, 2.05) is 32.5 Å². The number of thioether (sulfide) groups is 1. The highest BCUT2D eigenvalue weighted by atomic mass is 32.2. The van der Waals surface area contributed by atoms with Crippen molar-refractivity contribution in [3.05, 3.63) is 11.8 Å². The zero-order valence-corrected chi connectivity index (χ0v) is 13.7. The number of aromatic amines is 1. The Morgan fingerprint density at radius 2 is 2.38 bits per heavy atom. The van der Waals surface area contributed by atoms with Gasteiger partial charge in [0.05, 0.1) is 6.20 Å². The molecule has 118 valence electrons. The van der Waals surface area contributed by atoms with Gasteiger partial charge in [-0.25, -0.2) is 4.79 Å². The van der Waals surface area contributed by atoms with Crippen molar-refractivity contribution in [1.29, 1.82) is 0 Å². The Morgan fingerprint density at radius 3 is 3.05 bits per heavy atom. The SMILES string of the molecule is CC(C)(C)OC(=O)Nc1[nH]ncc1CNCC1CCSC1. The predicted octanol–water partition coefficient (Wildman–Crippen LogP) is 2.60. The van der Waals surface area contributed by atoms with Gasteiger partial charge in [0.1, 0.15) is 11.4 Å². The molecule has 1 aliphatic heterocycles. The molecule has 0 radical (unpaired) electrons. The van der Waals surface area contributed by atoms with Crippen LogP contribution in [0.15, 0.2) is 6.20 Å². The molecule has 21 heavy (non-hydrogen) atoms. The first-order chi connectivity index (χ1) is 9.94. The molecular weight excluding hydrogens is 288 g/mol. The zero-order chi connectivity index (χ0) is 15.3. The molecule has 1 aliphatic rings. The summed E-state index contributed by atoms with van der Waals surface area (Å²) in [5, 5.41) is 12.9. The number of anilines is 1. The Balaban J connectivity index is 1.79. The lowest BCUT2D eigenvalue weighted by Gasteiger charge is -2.19. The average molecular weight is 312 g/mol. The highest BCUT2D eigenvalue weighted by molar-refractivity contribution is 7.99. The first-order valence-corrected chi connectivity index (χ1v) is 8.40. The Labute approximate surface area is 129 Å². The summed E-state index contributed by atoms with van der Waals surface area (Å²) < 4.78 is 5.23. The van der Waals surface area contributed by atoms with E-state index in [-0.39, 0.29) is 0 Å². The number of H-pyrrole nitrogens is 1. The number of nitrogens with zero attached hydrogens (tertiary/aromatic N) is 1. The topological polar surface area (TPSA) is 79.0 Å². The molecule has 1 saturated heterocycles. The van der Waals surface area contributed by atoms with Crippen LogP contribution >= 0.6 is 11.8 Å². The van der Waals surface area contributed by atoms with Crippen molar-refractivity contribution in [2.45, 2.75) is 39.3 Å². The van der Waals surface area contributed by atoms with Crippen LogP contribution in [0.3, 0.4) is 0 Å². The molecule has 0 aromatic carbocycles. The molecule has 2 rings (SSSR count). The maximum Gasteiger partial charge on any atom is 0.413 e. The molecule has 1 fully saturated rings. The molecule has 0 aliphatic carbocycles. The fourth-order valence-electron chi connectivity index (χ4n) is 2.11. The summed E-state index contributed by atoms with van der Waals surface area (Å²) >= 11 is 2.01. The van der Waals surface area contributed by atoms with Crippen LogP contribution in [-0.4, -0.2) is 39.9 Å². The van der Waals surface area contributed by atoms with E-state index in [1.54, 1.807) is 6.20 Å². The predicted molar refractivity (Wildman–Crippen MR) is 85.6 cm³/mol. The van der Waals surface area contributed by atoms with Crippen LogP contribution in [0.5, 0.6) is 0 Å². The fourth-order valence-corrected chi connectivity index (χ4v) is 3.40. The van der Waals surface area contributed by atoms with E-state index >= 15 is 0 Å². The fraction of sp³-hybridized carbons (Fsp3) is 0.714. The van der Waals surface area contributed by atoms with Crippen LogP contribution in [0.25, 0.3) is 0 Å². The lowest BCUT2D eigenvalue weighted by atomic mass is 10.1. The Kier molecular flexibility index (Phi) is 5.52. The van der Waals surface area contributed by atoms with Crippen LogP contribution in [0, 0.1) is 5.92 Å². The summed E-state index contributed by atoms with van der Waals surface area (Å²) in [5.74, 6) is 3.85. The van der Waals surface area contributed by atoms with Gasteiger partial charge in [0, 0.05) is 12.1 Å². The maximum atomic E-state index is 11.8. The highest BCUT2D eigenvalue weighted by Crippen LogP contribution is 2.22. The number of amides is 1. The van der Waals surface area contributed by atoms with Gasteiger partial charge in [-0.3, -0.25) is 10.4 Å². The Hall–Kier alpha value is -1.21. The van der Waals surface area contributed by atoms with Crippen LogP contribution in [0.1, 0.15) is 32.8 Å². The number of aromatic nitrogens is 2. The quantitative estimate of drug-likeness (QED) is 0.779. The van der Waals surface area contributed by atoms with E-state index in [4.69, 9.17) is 4.74 Å². The second kappa shape index (κ2) is 7.17. The molecule has 3 N–H and O–H groups in total. The number of ether oxygens (including phenoxy) is 1. The van der Waals surface area contributed by atoms with Gasteiger partial charge in [-0.1, -0.05) is 0 Å². The zero-order valence-electron chi connectivity index (χ0n) is 12.9. The molecule has 1 amide bonds. The number of nitrogens with one attached hydrogen (secondary N) is 3. The first kappa shape index (κ1) is 16.2. The molecule has 1 aromatic rings. The summed E-state index contributed by atoms with van der Waals surface area (Å²) in [6.07, 6.45) is 2.54. The van der Waals surface area contributed by atoms with Gasteiger partial charge in [0.15, 0.2) is 0 Å². The minimum absolute atomic E-state index is 0.472. The molecule has 0 bridgehead atoms. The summed E-state index contributed by atoms with van der Waals surface area (Å²) in [7, 11) is 0. The Morgan fingerprint density at radius 1 is 1.57 bits per heavy atom. The van der Waals surface area contributed by atoms with Crippen molar-refractivity contribution in [3.8, 4) is 0 Å². The summed E-state index contributed by atoms with van der Waals surface area (Å²) in [6, 6.07) is 0. The molecular formula is C14H24N4O2S. The van der Waals surface area contributed by atoms with Crippen molar-refractivity contribution < 1.29 is 9.53 Å². The Bertz CT molecular complexity index is 464. The highest BCUT2D eigenvalue weighted by Gasteiger charge is 2.18. The summed E-state index contributed by atoms with van der Waals surface area (Å²) in [4.78, 5) is 11.8. The number of hydrogen-bond donors (Lipinski definition) is 3. The van der Waals surface area contributed by atoms with Gasteiger partial charge in [-0.15, -0.1) is 0 Å². The lowest BCUT2D eigenvalue weighted by Crippen LogP contribution is -2.28. The monoisotopic (exact) mass is 312 g/mol. The number of carbonyl (C=O) groups excluding carboxylic acids is 1. The van der Waals surface area contributed by atoms with Gasteiger partial charge in [0.25, 0.3) is 0 Å². The third kappa shape index (κ3) is 5.59. The van der Waals surface area contributed by atoms with Crippen molar-refractivity contribution in [2.75, 3.05) is 23.4 Å². The van der Waals surface area contributed by atoms with Gasteiger partial charge in [0.2, 0.25) is 0 Å². The molecule has 2 heterocycles. The third-order valence-electron chi connectivity index (χ3n) is 3.12. The smallest absolute Gasteiger partial charge is 0.413 e. The molecule has 1 aromatic heterocycles. The minimum Gasteiger partial charge on any atom is -0.444 e. The number of rotatable bonds is 5. The van der Waals surface area contributed by atoms with Crippen LogP contribution < -0.4 is 10.6 Å². The largest absolute Gasteiger partial charge is 0.444 e. The minimum atomic E-state index is -0.511. The second-order valence-corrected chi connectivity index (χ2v) is 7.41. The molecule has 1 atom stereocenters. The van der Waals surface area contributed by atoms with Crippen molar-refractivity contribution >= 4 is 23.7 Å². The van der Waals surface area contributed by atoms with Crippen LogP contribution in [0.4, 0.5) is 10.6 Å². The van der Waals surface area contributed by atoms with E-state index in [1.165, 1.54) is 17.9 Å². The normalized spacial score (nSPS) is 18.7.